The van der Waals surface area contributed by atoms with Crippen LogP contribution < -0.4 is 10.6 Å². The number of carbonyl (C=O) groups is 1. The second-order valence-electron chi connectivity index (χ2n) is 6.50. The van der Waals surface area contributed by atoms with Crippen molar-refractivity contribution in [3.8, 4) is 11.5 Å². The zero-order valence-electron chi connectivity index (χ0n) is 15.0. The molecule has 1 aromatic heterocycles. The van der Waals surface area contributed by atoms with Crippen molar-refractivity contribution in [1.82, 2.24) is 20.4 Å². The summed E-state index contributed by atoms with van der Waals surface area (Å²) in [5, 5.41) is 10.8. The summed E-state index contributed by atoms with van der Waals surface area (Å²) >= 11 is 6.29. The normalized spacial score (nSPS) is 17.8. The lowest BCUT2D eigenvalue weighted by molar-refractivity contribution is -0.118. The fourth-order valence-electron chi connectivity index (χ4n) is 2.63. The number of amides is 1. The largest absolute Gasteiger partial charge is 0.334 e. The molecule has 1 aromatic carbocycles. The van der Waals surface area contributed by atoms with Gasteiger partial charge < -0.3 is 15.2 Å². The molecule has 1 aliphatic heterocycles. The molecule has 1 fully saturated rings. The Morgan fingerprint density at radius 1 is 1.46 bits per heavy atom. The van der Waals surface area contributed by atoms with Gasteiger partial charge in [-0.15, -0.1) is 12.4 Å². The molecule has 26 heavy (non-hydrogen) atoms. The highest BCUT2D eigenvalue weighted by atomic mass is 35.5. The molecule has 0 spiro atoms. The maximum atomic E-state index is 11.9. The fraction of sp³-hybridized carbons (Fsp3) is 0.471. The monoisotopic (exact) mass is 399 g/mol. The maximum absolute atomic E-state index is 11.9. The number of rotatable bonds is 4. The van der Waals surface area contributed by atoms with Gasteiger partial charge in [0.2, 0.25) is 5.91 Å². The lowest BCUT2D eigenvalue weighted by Crippen LogP contribution is -2.44. The molecule has 0 aliphatic carbocycles. The van der Waals surface area contributed by atoms with Crippen molar-refractivity contribution in [2.24, 2.45) is 5.92 Å². The Morgan fingerprint density at radius 2 is 2.23 bits per heavy atom. The number of halogens is 2. The summed E-state index contributed by atoms with van der Waals surface area (Å²) in [5.41, 5.74) is 1.25. The molecule has 0 bridgehead atoms. The number of carbonyl (C=O) groups excluding carboxylic acids is 1. The van der Waals surface area contributed by atoms with Crippen molar-refractivity contribution < 1.29 is 9.32 Å². The number of likely N-dealkylation sites (N-methyl/N-ethyl adjacent to an activating group) is 1. The third-order valence-electron chi connectivity index (χ3n) is 4.24. The fourth-order valence-corrected chi connectivity index (χ4v) is 2.83. The van der Waals surface area contributed by atoms with E-state index in [1.165, 1.54) is 0 Å². The summed E-state index contributed by atoms with van der Waals surface area (Å²) < 4.78 is 5.43. The zero-order chi connectivity index (χ0) is 18.0. The van der Waals surface area contributed by atoms with Crippen LogP contribution in [0.2, 0.25) is 5.02 Å². The molecule has 142 valence electrons. The van der Waals surface area contributed by atoms with E-state index in [-0.39, 0.29) is 30.3 Å². The number of nitrogens with zero attached hydrogens (tertiary/aromatic N) is 3. The predicted molar refractivity (Wildman–Crippen MR) is 104 cm³/mol. The first-order chi connectivity index (χ1) is 12.0. The van der Waals surface area contributed by atoms with Gasteiger partial charge in [-0.2, -0.15) is 4.98 Å². The van der Waals surface area contributed by atoms with Crippen LogP contribution in [0.1, 0.15) is 25.7 Å². The van der Waals surface area contributed by atoms with Crippen molar-refractivity contribution in [3.05, 3.63) is 29.0 Å². The van der Waals surface area contributed by atoms with Crippen LogP contribution >= 0.6 is 24.0 Å². The smallest absolute Gasteiger partial charge is 0.259 e. The van der Waals surface area contributed by atoms with Gasteiger partial charge in [-0.05, 0) is 25.2 Å². The van der Waals surface area contributed by atoms with E-state index in [9.17, 15) is 4.79 Å². The van der Waals surface area contributed by atoms with Gasteiger partial charge in [-0.25, -0.2) is 0 Å². The van der Waals surface area contributed by atoms with E-state index in [0.29, 0.717) is 28.0 Å². The Morgan fingerprint density at radius 3 is 2.92 bits per heavy atom. The molecule has 9 heteroatoms. The highest BCUT2D eigenvalue weighted by Gasteiger charge is 2.26. The van der Waals surface area contributed by atoms with Gasteiger partial charge in [0.05, 0.1) is 16.6 Å². The van der Waals surface area contributed by atoms with Crippen LogP contribution in [-0.4, -0.2) is 47.6 Å². The number of nitrogens with one attached hydrogen (secondary N) is 2. The number of benzene rings is 1. The van der Waals surface area contributed by atoms with Crippen LogP contribution in [-0.2, 0) is 4.79 Å². The standard InChI is InChI=1S/C17H22ClN5O2.ClH/c1-10(2)16(24)20-11-4-5-13(18)12(8-11)17-21-15(22-25-17)14-9-19-6-7-23(14)3;/h4-5,8,10,14,19H,6-7,9H2,1-3H3,(H,20,24);1H. The highest BCUT2D eigenvalue weighted by molar-refractivity contribution is 6.33. The van der Waals surface area contributed by atoms with E-state index >= 15 is 0 Å². The molecule has 3 rings (SSSR count). The Labute approximate surface area is 163 Å². The number of hydrogen-bond acceptors (Lipinski definition) is 6. The minimum atomic E-state index is -0.108. The zero-order valence-corrected chi connectivity index (χ0v) is 16.5. The summed E-state index contributed by atoms with van der Waals surface area (Å²) in [6, 6.07) is 5.28. The molecule has 7 nitrogen and oxygen atoms in total. The van der Waals surface area contributed by atoms with E-state index in [1.54, 1.807) is 18.2 Å². The van der Waals surface area contributed by atoms with E-state index in [0.717, 1.165) is 19.6 Å². The third kappa shape index (κ3) is 4.54. The first kappa shape index (κ1) is 20.6. The van der Waals surface area contributed by atoms with Gasteiger partial charge in [0, 0.05) is 31.2 Å². The second-order valence-corrected chi connectivity index (χ2v) is 6.90. The topological polar surface area (TPSA) is 83.3 Å². The molecule has 2 N–H and O–H groups in total. The van der Waals surface area contributed by atoms with Gasteiger partial charge >= 0.3 is 0 Å². The van der Waals surface area contributed by atoms with E-state index < -0.39 is 0 Å². The molecule has 0 saturated carbocycles. The van der Waals surface area contributed by atoms with Gasteiger partial charge in [-0.1, -0.05) is 30.6 Å². The van der Waals surface area contributed by atoms with E-state index in [1.807, 2.05) is 20.9 Å². The average Bonchev–Trinajstić information content (AvgIpc) is 3.06. The van der Waals surface area contributed by atoms with Crippen LogP contribution in [0.4, 0.5) is 5.69 Å². The predicted octanol–water partition coefficient (Wildman–Crippen LogP) is 2.98. The van der Waals surface area contributed by atoms with Crippen LogP contribution in [0.5, 0.6) is 0 Å². The maximum Gasteiger partial charge on any atom is 0.259 e. The minimum Gasteiger partial charge on any atom is -0.334 e. The Balaban J connectivity index is 0.00000243. The minimum absolute atomic E-state index is 0. The van der Waals surface area contributed by atoms with E-state index in [4.69, 9.17) is 16.1 Å². The summed E-state index contributed by atoms with van der Waals surface area (Å²) in [6.07, 6.45) is 0. The van der Waals surface area contributed by atoms with Crippen LogP contribution in [0.15, 0.2) is 22.7 Å². The summed E-state index contributed by atoms with van der Waals surface area (Å²) in [5.74, 6) is 0.801. The number of aromatic nitrogens is 2. The molecule has 1 saturated heterocycles. The van der Waals surface area contributed by atoms with Crippen molar-refractivity contribution in [2.45, 2.75) is 19.9 Å². The Kier molecular flexibility index (Phi) is 7.00. The molecule has 1 aliphatic rings. The lowest BCUT2D eigenvalue weighted by Gasteiger charge is -2.30. The highest BCUT2D eigenvalue weighted by Crippen LogP contribution is 2.31. The van der Waals surface area contributed by atoms with Crippen molar-refractivity contribution in [1.29, 1.82) is 0 Å². The number of hydrogen-bond donors (Lipinski definition) is 2. The lowest BCUT2D eigenvalue weighted by atomic mass is 10.1. The Bertz CT molecular complexity index is 765. The first-order valence-electron chi connectivity index (χ1n) is 8.31. The molecule has 1 amide bonds. The van der Waals surface area contributed by atoms with Crippen molar-refractivity contribution in [3.63, 3.8) is 0 Å². The quantitative estimate of drug-likeness (QED) is 0.821. The van der Waals surface area contributed by atoms with Gasteiger partial charge in [-0.3, -0.25) is 9.69 Å². The van der Waals surface area contributed by atoms with E-state index in [2.05, 4.69) is 25.7 Å². The molecular weight excluding hydrogens is 377 g/mol. The first-order valence-corrected chi connectivity index (χ1v) is 8.69. The summed E-state index contributed by atoms with van der Waals surface area (Å²) in [7, 11) is 2.04. The van der Waals surface area contributed by atoms with Gasteiger partial charge in [0.15, 0.2) is 5.82 Å². The molecule has 2 aromatic rings. The summed E-state index contributed by atoms with van der Waals surface area (Å²) in [6.45, 7) is 6.32. The summed E-state index contributed by atoms with van der Waals surface area (Å²) in [4.78, 5) is 18.6. The van der Waals surface area contributed by atoms with Gasteiger partial charge in [0.1, 0.15) is 0 Å². The molecular formula is C17H23Cl2N5O2. The average molecular weight is 400 g/mol. The molecule has 1 unspecified atom stereocenters. The molecule has 1 atom stereocenters. The second kappa shape index (κ2) is 8.81. The van der Waals surface area contributed by atoms with Crippen LogP contribution in [0.25, 0.3) is 11.5 Å². The number of piperazine rings is 1. The van der Waals surface area contributed by atoms with Crippen molar-refractivity contribution >= 4 is 35.6 Å². The van der Waals surface area contributed by atoms with Gasteiger partial charge in [0.25, 0.3) is 5.89 Å². The number of anilines is 1. The molecule has 0 radical (unpaired) electrons. The molecule has 2 heterocycles. The SMILES string of the molecule is CC(C)C(=O)Nc1ccc(Cl)c(-c2nc(C3CNCCN3C)no2)c1.Cl. The third-order valence-corrected chi connectivity index (χ3v) is 4.57. The van der Waals surface area contributed by atoms with Crippen LogP contribution in [0, 0.1) is 5.92 Å². The Hall–Kier alpha value is -1.67. The van der Waals surface area contributed by atoms with Crippen LogP contribution in [0.3, 0.4) is 0 Å². The van der Waals surface area contributed by atoms with Crippen molar-refractivity contribution in [2.75, 3.05) is 32.0 Å².